The first-order valence-corrected chi connectivity index (χ1v) is 13.3. The van der Waals surface area contributed by atoms with Crippen LogP contribution in [0.15, 0.2) is 47.4 Å². The number of aliphatic hydroxyl groups excluding tert-OH is 1. The highest BCUT2D eigenvalue weighted by Gasteiger charge is 2.39. The second-order valence-electron chi connectivity index (χ2n) is 9.76. The maximum absolute atomic E-state index is 13.6. The van der Waals surface area contributed by atoms with Crippen molar-refractivity contribution in [2.75, 3.05) is 26.7 Å². The maximum Gasteiger partial charge on any atom is 0.247 e. The molecule has 184 valence electrons. The smallest absolute Gasteiger partial charge is 0.247 e. The van der Waals surface area contributed by atoms with E-state index in [1.54, 1.807) is 37.1 Å². The first kappa shape index (κ1) is 24.7. The summed E-state index contributed by atoms with van der Waals surface area (Å²) < 4.78 is 35.0. The van der Waals surface area contributed by atoms with Crippen LogP contribution in [0.1, 0.15) is 32.3 Å². The lowest BCUT2D eigenvalue weighted by Crippen LogP contribution is -2.50. The van der Waals surface area contributed by atoms with E-state index in [9.17, 15) is 18.3 Å². The number of likely N-dealkylation sites (N-methyl/N-ethyl adjacent to an activating group) is 1. The summed E-state index contributed by atoms with van der Waals surface area (Å²) in [5.74, 6) is 0.284. The molecule has 0 saturated heterocycles. The third kappa shape index (κ3) is 4.99. The van der Waals surface area contributed by atoms with Gasteiger partial charge in [0.15, 0.2) is 0 Å². The van der Waals surface area contributed by atoms with Crippen molar-refractivity contribution in [1.82, 2.24) is 9.21 Å². The Labute approximate surface area is 202 Å². The number of amides is 1. The predicted octanol–water partition coefficient (Wildman–Crippen LogP) is 3.30. The van der Waals surface area contributed by atoms with Crippen molar-refractivity contribution in [2.45, 2.75) is 50.7 Å². The first-order valence-electron chi connectivity index (χ1n) is 11.9. The molecule has 1 fully saturated rings. The molecule has 1 aliphatic heterocycles. The van der Waals surface area contributed by atoms with Gasteiger partial charge in [-0.25, -0.2) is 8.42 Å². The predicted molar refractivity (Wildman–Crippen MR) is 131 cm³/mol. The van der Waals surface area contributed by atoms with Gasteiger partial charge in [0, 0.05) is 31.5 Å². The fourth-order valence-corrected chi connectivity index (χ4v) is 6.20. The van der Waals surface area contributed by atoms with Crippen LogP contribution in [0.3, 0.4) is 0 Å². The summed E-state index contributed by atoms with van der Waals surface area (Å²) in [6.07, 6.45) is 1.45. The zero-order valence-electron chi connectivity index (χ0n) is 20.3. The van der Waals surface area contributed by atoms with Crippen molar-refractivity contribution >= 4 is 15.9 Å². The monoisotopic (exact) mass is 486 g/mol. The Balaban J connectivity index is 1.76. The van der Waals surface area contributed by atoms with E-state index >= 15 is 0 Å². The van der Waals surface area contributed by atoms with Crippen LogP contribution in [-0.2, 0) is 14.8 Å². The molecule has 2 aromatic rings. The van der Waals surface area contributed by atoms with E-state index in [1.807, 2.05) is 38.1 Å². The summed E-state index contributed by atoms with van der Waals surface area (Å²) in [4.78, 5) is 14.4. The zero-order valence-corrected chi connectivity index (χ0v) is 21.1. The summed E-state index contributed by atoms with van der Waals surface area (Å²) in [6.45, 7) is 5.93. The topological polar surface area (TPSA) is 87.2 Å². The summed E-state index contributed by atoms with van der Waals surface area (Å²) in [5, 5.41) is 9.79. The number of fused-ring (bicyclic) bond motifs is 1. The van der Waals surface area contributed by atoms with Gasteiger partial charge in [-0.2, -0.15) is 4.31 Å². The second kappa shape index (κ2) is 9.68. The molecule has 0 aromatic heterocycles. The van der Waals surface area contributed by atoms with Crippen LogP contribution in [0.2, 0.25) is 0 Å². The SMILES string of the molecule is Cc1ccc(-c2ccc3c(c2)O[C@H](CN(C)C(=O)C2CC2)[C@@H](C)CN([C@H](C)CO)S3(=O)=O)cc1. The Morgan fingerprint density at radius 1 is 1.18 bits per heavy atom. The Morgan fingerprint density at radius 3 is 2.44 bits per heavy atom. The normalized spacial score (nSPS) is 23.2. The van der Waals surface area contributed by atoms with E-state index in [4.69, 9.17) is 4.74 Å². The number of carbonyl (C=O) groups excluding carboxylic acids is 1. The van der Waals surface area contributed by atoms with Gasteiger partial charge in [0.1, 0.15) is 16.7 Å². The van der Waals surface area contributed by atoms with E-state index in [2.05, 4.69) is 0 Å². The number of rotatable bonds is 6. The highest BCUT2D eigenvalue weighted by atomic mass is 32.2. The summed E-state index contributed by atoms with van der Waals surface area (Å²) in [5.41, 5.74) is 2.95. The molecule has 8 heteroatoms. The lowest BCUT2D eigenvalue weighted by molar-refractivity contribution is -0.132. The van der Waals surface area contributed by atoms with Gasteiger partial charge in [0.2, 0.25) is 15.9 Å². The Morgan fingerprint density at radius 2 is 1.82 bits per heavy atom. The van der Waals surface area contributed by atoms with Gasteiger partial charge in [-0.1, -0.05) is 42.8 Å². The summed E-state index contributed by atoms with van der Waals surface area (Å²) >= 11 is 0. The highest BCUT2D eigenvalue weighted by Crippen LogP contribution is 2.37. The molecule has 1 aliphatic carbocycles. The van der Waals surface area contributed by atoms with Crippen LogP contribution >= 0.6 is 0 Å². The molecule has 1 N–H and O–H groups in total. The minimum Gasteiger partial charge on any atom is -0.487 e. The van der Waals surface area contributed by atoms with Gasteiger partial charge < -0.3 is 14.7 Å². The molecular formula is C26H34N2O5S. The van der Waals surface area contributed by atoms with Crippen molar-refractivity contribution in [1.29, 1.82) is 0 Å². The van der Waals surface area contributed by atoms with E-state index in [0.717, 1.165) is 29.5 Å². The number of aliphatic hydroxyl groups is 1. The minimum absolute atomic E-state index is 0.0803. The maximum atomic E-state index is 13.6. The van der Waals surface area contributed by atoms with Gasteiger partial charge in [0.25, 0.3) is 0 Å². The van der Waals surface area contributed by atoms with Crippen LogP contribution < -0.4 is 4.74 Å². The number of hydrogen-bond donors (Lipinski definition) is 1. The second-order valence-corrected chi connectivity index (χ2v) is 11.6. The quantitative estimate of drug-likeness (QED) is 0.677. The van der Waals surface area contributed by atoms with E-state index in [-0.39, 0.29) is 41.5 Å². The van der Waals surface area contributed by atoms with Crippen molar-refractivity contribution in [3.05, 3.63) is 48.0 Å². The average molecular weight is 487 g/mol. The van der Waals surface area contributed by atoms with Crippen molar-refractivity contribution in [2.24, 2.45) is 11.8 Å². The van der Waals surface area contributed by atoms with Crippen molar-refractivity contribution in [3.63, 3.8) is 0 Å². The number of benzene rings is 2. The Kier molecular flexibility index (Phi) is 7.03. The van der Waals surface area contributed by atoms with Gasteiger partial charge in [-0.05, 0) is 49.9 Å². The van der Waals surface area contributed by atoms with E-state index in [0.29, 0.717) is 6.54 Å². The molecule has 1 amide bonds. The molecule has 0 spiro atoms. The number of aryl methyl sites for hydroxylation is 1. The third-order valence-electron chi connectivity index (χ3n) is 6.81. The van der Waals surface area contributed by atoms with Crippen LogP contribution in [-0.4, -0.2) is 67.5 Å². The fourth-order valence-electron chi connectivity index (χ4n) is 4.37. The lowest BCUT2D eigenvalue weighted by atomic mass is 10.0. The minimum atomic E-state index is -3.90. The summed E-state index contributed by atoms with van der Waals surface area (Å²) in [7, 11) is -2.11. The molecule has 7 nitrogen and oxygen atoms in total. The van der Waals surface area contributed by atoms with Crippen molar-refractivity contribution in [3.8, 4) is 16.9 Å². The number of hydrogen-bond acceptors (Lipinski definition) is 5. The molecule has 1 heterocycles. The molecule has 0 radical (unpaired) electrons. The highest BCUT2D eigenvalue weighted by molar-refractivity contribution is 7.89. The number of sulfonamides is 1. The molecule has 3 atom stereocenters. The Hall–Kier alpha value is -2.42. The van der Waals surface area contributed by atoms with Gasteiger partial charge in [0.05, 0.1) is 13.2 Å². The van der Waals surface area contributed by atoms with Gasteiger partial charge >= 0.3 is 0 Å². The largest absolute Gasteiger partial charge is 0.487 e. The van der Waals surface area contributed by atoms with Crippen LogP contribution in [0.5, 0.6) is 5.75 Å². The summed E-state index contributed by atoms with van der Waals surface area (Å²) in [6, 6.07) is 12.6. The van der Waals surface area contributed by atoms with Crippen LogP contribution in [0.25, 0.3) is 11.1 Å². The van der Waals surface area contributed by atoms with Crippen LogP contribution in [0.4, 0.5) is 0 Å². The number of carbonyl (C=O) groups is 1. The standard InChI is InChI=1S/C26H34N2O5S/c1-17-5-7-20(8-6-17)22-11-12-25-23(13-22)33-24(15-27(4)26(30)21-9-10-21)18(2)14-28(19(3)16-29)34(25,31)32/h5-8,11-13,18-19,21,24,29H,9-10,14-16H2,1-4H3/t18-,19+,24+/m0/s1. The molecule has 0 unspecified atom stereocenters. The fraction of sp³-hybridized carbons (Fsp3) is 0.500. The van der Waals surface area contributed by atoms with E-state index < -0.39 is 22.2 Å². The third-order valence-corrected chi connectivity index (χ3v) is 8.83. The zero-order chi connectivity index (χ0) is 24.6. The van der Waals surface area contributed by atoms with E-state index in [1.165, 1.54) is 4.31 Å². The number of ether oxygens (including phenoxy) is 1. The molecule has 1 saturated carbocycles. The average Bonchev–Trinajstić information content (AvgIpc) is 3.66. The Bertz CT molecular complexity index is 1140. The van der Waals surface area contributed by atoms with Crippen LogP contribution in [0, 0.1) is 18.8 Å². The lowest BCUT2D eigenvalue weighted by Gasteiger charge is -2.37. The molecule has 34 heavy (non-hydrogen) atoms. The van der Waals surface area contributed by atoms with Gasteiger partial charge in [-0.3, -0.25) is 4.79 Å². The molecule has 0 bridgehead atoms. The molecule has 2 aliphatic rings. The van der Waals surface area contributed by atoms with Crippen molar-refractivity contribution < 1.29 is 23.1 Å². The molecule has 2 aromatic carbocycles. The molecule has 4 rings (SSSR count). The number of nitrogens with zero attached hydrogens (tertiary/aromatic N) is 2. The first-order chi connectivity index (χ1) is 16.1. The van der Waals surface area contributed by atoms with Gasteiger partial charge in [-0.15, -0.1) is 0 Å². The molecular weight excluding hydrogens is 452 g/mol.